The molecule has 1 aliphatic carbocycles. The van der Waals surface area contributed by atoms with E-state index in [2.05, 4.69) is 25.0 Å². The predicted octanol–water partition coefficient (Wildman–Crippen LogP) is 2.04. The molecule has 1 saturated heterocycles. The van der Waals surface area contributed by atoms with E-state index in [1.165, 1.54) is 23.9 Å². The number of hydrogen-bond donors (Lipinski definition) is 1. The van der Waals surface area contributed by atoms with Crippen LogP contribution in [-0.4, -0.2) is 59.3 Å². The number of nitrogens with one attached hydrogen (secondary N) is 1. The summed E-state index contributed by atoms with van der Waals surface area (Å²) < 4.78 is 20.5. The van der Waals surface area contributed by atoms with E-state index in [1.54, 1.807) is 12.1 Å². The lowest BCUT2D eigenvalue weighted by Crippen LogP contribution is -2.38. The van der Waals surface area contributed by atoms with Crippen molar-refractivity contribution in [1.82, 2.24) is 20.1 Å². The third-order valence-corrected chi connectivity index (χ3v) is 5.78. The Morgan fingerprint density at radius 1 is 1.21 bits per heavy atom. The molecular formula is C19H24FN5O2S. The largest absolute Gasteiger partial charge is 0.378 e. The number of morpholine rings is 1. The van der Waals surface area contributed by atoms with Crippen LogP contribution < -0.4 is 10.2 Å². The highest BCUT2D eigenvalue weighted by Gasteiger charge is 2.32. The van der Waals surface area contributed by atoms with Crippen molar-refractivity contribution in [2.45, 2.75) is 30.5 Å². The molecule has 4 rings (SSSR count). The first kappa shape index (κ1) is 19.2. The number of thioether (sulfide) groups is 1. The molecule has 0 unspecified atom stereocenters. The second-order valence-corrected chi connectivity index (χ2v) is 7.94. The molecule has 7 nitrogen and oxygen atoms in total. The van der Waals surface area contributed by atoms with Crippen molar-refractivity contribution >= 4 is 23.6 Å². The Hall–Kier alpha value is -2.13. The molecule has 0 atom stereocenters. The molecule has 9 heteroatoms. The van der Waals surface area contributed by atoms with Gasteiger partial charge in [-0.2, -0.15) is 0 Å². The number of halogens is 1. The topological polar surface area (TPSA) is 72.3 Å². The van der Waals surface area contributed by atoms with Gasteiger partial charge in [-0.25, -0.2) is 4.39 Å². The number of nitrogens with zero attached hydrogens (tertiary/aromatic N) is 4. The first-order valence-electron chi connectivity index (χ1n) is 9.62. The number of carbonyl (C=O) groups is 1. The summed E-state index contributed by atoms with van der Waals surface area (Å²) in [7, 11) is 0. The van der Waals surface area contributed by atoms with Crippen LogP contribution in [-0.2, 0) is 16.0 Å². The number of benzene rings is 1. The molecule has 1 N–H and O–H groups in total. The Morgan fingerprint density at radius 3 is 2.68 bits per heavy atom. The van der Waals surface area contributed by atoms with Crippen molar-refractivity contribution in [2.24, 2.45) is 0 Å². The molecule has 2 aliphatic rings. The molecule has 0 radical (unpaired) electrons. The highest BCUT2D eigenvalue weighted by atomic mass is 32.2. The summed E-state index contributed by atoms with van der Waals surface area (Å²) in [5.41, 5.74) is 0.998. The van der Waals surface area contributed by atoms with Gasteiger partial charge in [0.2, 0.25) is 11.9 Å². The van der Waals surface area contributed by atoms with Crippen molar-refractivity contribution in [2.75, 3.05) is 43.5 Å². The maximum absolute atomic E-state index is 12.9. The molecule has 1 aromatic heterocycles. The van der Waals surface area contributed by atoms with E-state index in [9.17, 15) is 9.18 Å². The smallest absolute Gasteiger partial charge is 0.230 e. The van der Waals surface area contributed by atoms with Crippen LogP contribution in [0.25, 0.3) is 0 Å². The van der Waals surface area contributed by atoms with Gasteiger partial charge >= 0.3 is 0 Å². The molecule has 2 heterocycles. The van der Waals surface area contributed by atoms with Crippen molar-refractivity contribution in [3.8, 4) is 0 Å². The highest BCUT2D eigenvalue weighted by molar-refractivity contribution is 7.99. The van der Waals surface area contributed by atoms with E-state index < -0.39 is 0 Å². The number of ether oxygens (including phenoxy) is 1. The quantitative estimate of drug-likeness (QED) is 0.678. The molecular weight excluding hydrogens is 381 g/mol. The Bertz CT molecular complexity index is 803. The van der Waals surface area contributed by atoms with Crippen LogP contribution in [0.5, 0.6) is 0 Å². The minimum atomic E-state index is -0.250. The summed E-state index contributed by atoms with van der Waals surface area (Å²) in [4.78, 5) is 14.4. The van der Waals surface area contributed by atoms with Crippen LogP contribution in [0, 0.1) is 5.82 Å². The number of carbonyl (C=O) groups excluding carboxylic acids is 1. The zero-order chi connectivity index (χ0) is 19.3. The SMILES string of the molecule is O=C(CSc1nnc(N2CCOCC2)n1C1CC1)NCCc1ccc(F)cc1. The van der Waals surface area contributed by atoms with Crippen molar-refractivity contribution in [3.63, 3.8) is 0 Å². The molecule has 28 heavy (non-hydrogen) atoms. The third-order valence-electron chi connectivity index (χ3n) is 4.83. The Morgan fingerprint density at radius 2 is 1.96 bits per heavy atom. The van der Waals surface area contributed by atoms with Gasteiger partial charge in [0.1, 0.15) is 5.82 Å². The number of hydrogen-bond acceptors (Lipinski definition) is 6. The summed E-state index contributed by atoms with van der Waals surface area (Å²) in [6, 6.07) is 6.79. The average molecular weight is 405 g/mol. The van der Waals surface area contributed by atoms with Crippen LogP contribution in [0.2, 0.25) is 0 Å². The molecule has 2 fully saturated rings. The van der Waals surface area contributed by atoms with Crippen molar-refractivity contribution in [1.29, 1.82) is 0 Å². The fourth-order valence-electron chi connectivity index (χ4n) is 3.18. The van der Waals surface area contributed by atoms with E-state index >= 15 is 0 Å². The maximum Gasteiger partial charge on any atom is 0.230 e. The zero-order valence-corrected chi connectivity index (χ0v) is 16.5. The Balaban J connectivity index is 1.28. The van der Waals surface area contributed by atoms with Crippen LogP contribution >= 0.6 is 11.8 Å². The standard InChI is InChI=1S/C19H24FN5O2S/c20-15-3-1-14(2-4-15)7-8-21-17(26)13-28-19-23-22-18(25(19)16-5-6-16)24-9-11-27-12-10-24/h1-4,16H,5-13H2,(H,21,26). The lowest BCUT2D eigenvalue weighted by molar-refractivity contribution is -0.118. The second-order valence-electron chi connectivity index (χ2n) is 7.00. The number of rotatable bonds is 8. The number of amides is 1. The van der Waals surface area contributed by atoms with E-state index in [0.29, 0.717) is 38.0 Å². The van der Waals surface area contributed by atoms with E-state index in [4.69, 9.17) is 4.74 Å². The minimum Gasteiger partial charge on any atom is -0.378 e. The first-order valence-corrected chi connectivity index (χ1v) is 10.6. The first-order chi connectivity index (χ1) is 13.7. The van der Waals surface area contributed by atoms with Gasteiger partial charge in [0.15, 0.2) is 5.16 Å². The minimum absolute atomic E-state index is 0.0367. The van der Waals surface area contributed by atoms with Gasteiger partial charge in [0.25, 0.3) is 0 Å². The lowest BCUT2D eigenvalue weighted by atomic mass is 10.1. The molecule has 1 aromatic carbocycles. The van der Waals surface area contributed by atoms with Crippen molar-refractivity contribution < 1.29 is 13.9 Å². The van der Waals surface area contributed by atoms with Gasteiger partial charge < -0.3 is 15.0 Å². The predicted molar refractivity (Wildman–Crippen MR) is 105 cm³/mol. The summed E-state index contributed by atoms with van der Waals surface area (Å²) >= 11 is 1.43. The molecule has 0 bridgehead atoms. The second kappa shape index (κ2) is 8.91. The summed E-state index contributed by atoms with van der Waals surface area (Å²) in [6.07, 6.45) is 2.94. The normalized spacial score (nSPS) is 17.0. The molecule has 0 spiro atoms. The molecule has 1 aliphatic heterocycles. The third kappa shape index (κ3) is 4.82. The van der Waals surface area contributed by atoms with E-state index in [1.807, 2.05) is 0 Å². The molecule has 150 valence electrons. The van der Waals surface area contributed by atoms with Crippen LogP contribution in [0.1, 0.15) is 24.4 Å². The van der Waals surface area contributed by atoms with Gasteiger partial charge in [-0.15, -0.1) is 10.2 Å². The maximum atomic E-state index is 12.9. The number of aromatic nitrogens is 3. The molecule has 2 aromatic rings. The van der Waals surface area contributed by atoms with Gasteiger partial charge in [-0.05, 0) is 37.0 Å². The summed E-state index contributed by atoms with van der Waals surface area (Å²) in [6.45, 7) is 3.57. The van der Waals surface area contributed by atoms with Crippen LogP contribution in [0.15, 0.2) is 29.4 Å². The zero-order valence-electron chi connectivity index (χ0n) is 15.6. The van der Waals surface area contributed by atoms with E-state index in [0.717, 1.165) is 42.6 Å². The van der Waals surface area contributed by atoms with Gasteiger partial charge in [0.05, 0.1) is 19.0 Å². The van der Waals surface area contributed by atoms with Gasteiger partial charge in [-0.1, -0.05) is 23.9 Å². The molecule has 1 saturated carbocycles. The van der Waals surface area contributed by atoms with Crippen LogP contribution in [0.3, 0.4) is 0 Å². The fraction of sp³-hybridized carbons (Fsp3) is 0.526. The fourth-order valence-corrected chi connectivity index (χ4v) is 4.01. The van der Waals surface area contributed by atoms with E-state index in [-0.39, 0.29) is 11.7 Å². The number of anilines is 1. The summed E-state index contributed by atoms with van der Waals surface area (Å²) in [5, 5.41) is 12.4. The molecule has 1 amide bonds. The average Bonchev–Trinajstić information content (AvgIpc) is 3.47. The monoisotopic (exact) mass is 405 g/mol. The Labute approximate surface area is 167 Å². The lowest BCUT2D eigenvalue weighted by Gasteiger charge is -2.27. The van der Waals surface area contributed by atoms with Crippen LogP contribution in [0.4, 0.5) is 10.3 Å². The summed E-state index contributed by atoms with van der Waals surface area (Å²) in [5.74, 6) is 0.910. The highest BCUT2D eigenvalue weighted by Crippen LogP contribution is 2.41. The Kier molecular flexibility index (Phi) is 6.11. The van der Waals surface area contributed by atoms with Gasteiger partial charge in [0, 0.05) is 25.7 Å². The van der Waals surface area contributed by atoms with Gasteiger partial charge in [-0.3, -0.25) is 9.36 Å². The van der Waals surface area contributed by atoms with Crippen molar-refractivity contribution in [3.05, 3.63) is 35.6 Å².